The van der Waals surface area contributed by atoms with E-state index in [1.54, 1.807) is 75.4 Å². The number of nitro groups is 1. The normalized spacial score (nSPS) is 14.5. The van der Waals surface area contributed by atoms with Gasteiger partial charge in [0.15, 0.2) is 34.5 Å². The molecule has 0 saturated carbocycles. The molecule has 9 heterocycles. The number of methoxy groups -OCH3 is 4. The molecule has 6 aliphatic rings. The fraction of sp³-hybridized carbons (Fsp3) is 0.303. The number of piperazine rings is 3. The highest BCUT2D eigenvalue weighted by Gasteiger charge is 2.34. The number of non-ortho nitro benzene ring substituents is 1. The van der Waals surface area contributed by atoms with Crippen LogP contribution in [0.2, 0.25) is 5.02 Å². The summed E-state index contributed by atoms with van der Waals surface area (Å²) in [6, 6.07) is 55.0. The summed E-state index contributed by atoms with van der Waals surface area (Å²) < 4.78 is 135. The Morgan fingerprint density at radius 2 is 0.746 bits per heavy atom. The molecule has 0 N–H and O–H groups in total. The lowest BCUT2D eigenvalue weighted by atomic mass is 10.1. The number of thiazole rings is 3. The summed E-state index contributed by atoms with van der Waals surface area (Å²) in [7, 11) is 6.67. The smallest absolute Gasteiger partial charge is 0.416 e. The van der Waals surface area contributed by atoms with Crippen LogP contribution < -0.4 is 62.1 Å². The molecule has 35 heteroatoms. The van der Waals surface area contributed by atoms with Crippen LogP contribution >= 0.6 is 45.6 Å². The van der Waals surface area contributed by atoms with E-state index in [4.69, 9.17) is 73.9 Å². The highest BCUT2D eigenvalue weighted by atomic mass is 35.5. The van der Waals surface area contributed by atoms with Crippen LogP contribution in [0.3, 0.4) is 0 Å². The van der Waals surface area contributed by atoms with Gasteiger partial charge in [0.2, 0.25) is 20.4 Å². The van der Waals surface area contributed by atoms with Gasteiger partial charge in [0.05, 0.1) is 98.3 Å². The van der Waals surface area contributed by atoms with Crippen molar-refractivity contribution in [2.45, 2.75) is 71.3 Å². The summed E-state index contributed by atoms with van der Waals surface area (Å²) >= 11 is 10.9. The molecule has 3 saturated heterocycles. The summed E-state index contributed by atoms with van der Waals surface area (Å²) in [5.74, 6) is 7.42. The molecule has 12 aromatic rings. The van der Waals surface area contributed by atoms with Crippen LogP contribution in [0.25, 0.3) is 17.1 Å². The average Bonchev–Trinajstić information content (AvgIpc) is 0.988. The molecule has 9 aromatic carbocycles. The highest BCUT2D eigenvalue weighted by Crippen LogP contribution is 2.41. The first-order valence-corrected chi connectivity index (χ1v) is 46.3. The molecule has 0 atom stereocenters. The van der Waals surface area contributed by atoms with Gasteiger partial charge in [0, 0.05) is 191 Å². The molecule has 0 unspecified atom stereocenters. The van der Waals surface area contributed by atoms with E-state index in [-0.39, 0.29) is 37.5 Å². The number of hydrogen-bond acceptors (Lipinski definition) is 27. The van der Waals surface area contributed by atoms with Crippen LogP contribution in [0.15, 0.2) is 224 Å². The standard InChI is InChI=1S/C33H35ClN4O4S.C33H30F6N4O2S.C33H35N5O6S/c1-23(37-11-13-38(14-12-37)27-6-4-5-26(34)16-27)29-21-43-33(35-29)20-36(18-24-7-10-30-32(15-24)42-22-41-30)19-25-8-9-28(39-2)17-31(25)40-3;1-22(42-10-12-43(13-11-42)27-7-3-6-26(16-27)33(37,38)39)28-20-46-31(40-28)19-41(17-23-4-2-5-25(14-23)32(34,35)36)18-24-8-9-29-30(15-24)45-21-44-29;1-23(36-12-14-37(15-13-36)26-6-8-27(9-7-26)38(39)40)29-21-45-33(34-29)20-35(18-24-4-11-30-32(16-24)44-22-43-30)19-25-5-10-28(41-2)17-31(25)42-3/h4-10,15-17,21H,1,11-14,18-20,22H2,2-3H3;2-9,14-16,20H,1,10-13,17-19,21H2;4-11,16-17,21H,1,12-15,18-20,22H2,2-3H3. The minimum absolute atomic E-state index is 0.0997. The fourth-order valence-corrected chi connectivity index (χ4v) is 19.3. The molecule has 0 radical (unpaired) electrons. The predicted molar refractivity (Wildman–Crippen MR) is 508 cm³/mol. The Morgan fingerprint density at radius 3 is 1.12 bits per heavy atom. The molecule has 0 spiro atoms. The van der Waals surface area contributed by atoms with Gasteiger partial charge >= 0.3 is 12.4 Å². The molecular formula is C99H100ClF6N13O12S3. The summed E-state index contributed by atoms with van der Waals surface area (Å²) in [6.45, 7) is 27.7. The Balaban J connectivity index is 0.000000146. The quantitative estimate of drug-likeness (QED) is 0.0218. The van der Waals surface area contributed by atoms with Crippen LogP contribution in [0.4, 0.5) is 49.1 Å². The van der Waals surface area contributed by atoms with Crippen molar-refractivity contribution in [3.05, 3.63) is 316 Å². The maximum atomic E-state index is 13.4. The average molecular weight is 1910 g/mol. The van der Waals surface area contributed by atoms with Gasteiger partial charge in [0.1, 0.15) is 38.0 Å². The minimum atomic E-state index is -4.44. The van der Waals surface area contributed by atoms with Crippen LogP contribution in [-0.4, -0.2) is 177 Å². The molecular weight excluding hydrogens is 1810 g/mol. The highest BCUT2D eigenvalue weighted by molar-refractivity contribution is 7.10. The van der Waals surface area contributed by atoms with E-state index in [1.165, 1.54) is 35.6 Å². The van der Waals surface area contributed by atoms with Gasteiger partial charge in [-0.1, -0.05) is 92.0 Å². The number of rotatable bonds is 32. The lowest BCUT2D eigenvalue weighted by molar-refractivity contribution is -0.384. The van der Waals surface area contributed by atoms with E-state index in [9.17, 15) is 36.5 Å². The fourth-order valence-electron chi connectivity index (χ4n) is 16.6. The third-order valence-corrected chi connectivity index (χ3v) is 26.4. The summed E-state index contributed by atoms with van der Waals surface area (Å²) in [5.41, 5.74) is 12.3. The van der Waals surface area contributed by atoms with Crippen molar-refractivity contribution < 1.29 is 78.6 Å². The maximum absolute atomic E-state index is 13.4. The van der Waals surface area contributed by atoms with Gasteiger partial charge in [-0.05, 0) is 125 Å². The summed E-state index contributed by atoms with van der Waals surface area (Å²) in [6.07, 6.45) is -8.84. The number of nitrogens with zero attached hydrogens (tertiary/aromatic N) is 13. The van der Waals surface area contributed by atoms with Gasteiger partial charge in [-0.15, -0.1) is 34.0 Å². The Morgan fingerprint density at radius 1 is 0.396 bits per heavy atom. The monoisotopic (exact) mass is 1910 g/mol. The molecule has 0 aliphatic carbocycles. The molecule has 18 rings (SSSR count). The van der Waals surface area contributed by atoms with Gasteiger partial charge in [-0.3, -0.25) is 24.8 Å². The maximum Gasteiger partial charge on any atom is 0.416 e. The second-order valence-electron chi connectivity index (χ2n) is 32.5. The molecule has 3 aromatic heterocycles. The Kier molecular flexibility index (Phi) is 30.2. The van der Waals surface area contributed by atoms with E-state index in [1.807, 2.05) is 112 Å². The van der Waals surface area contributed by atoms with Crippen LogP contribution in [-0.2, 0) is 71.3 Å². The Bertz CT molecular complexity index is 6120. The third kappa shape index (κ3) is 24.0. The second-order valence-corrected chi connectivity index (χ2v) is 35.8. The van der Waals surface area contributed by atoms with Crippen molar-refractivity contribution in [1.29, 1.82) is 0 Å². The first kappa shape index (κ1) is 94.2. The van der Waals surface area contributed by atoms with E-state index in [2.05, 4.69) is 95.1 Å². The molecule has 700 valence electrons. The molecule has 0 amide bonds. The van der Waals surface area contributed by atoms with E-state index in [0.29, 0.717) is 113 Å². The molecule has 134 heavy (non-hydrogen) atoms. The van der Waals surface area contributed by atoms with Crippen LogP contribution in [0.5, 0.6) is 57.5 Å². The second kappa shape index (κ2) is 42.9. The SMILES string of the molecule is C=C(c1csc(CN(Cc2ccc3c(c2)OCO3)Cc2ccc(OC)cc2OC)n1)N1CCN(c2ccc([N+](=O)[O-])cc2)CC1.C=C(c1csc(CN(Cc2ccc3c(c2)OCO3)Cc2ccc(OC)cc2OC)n1)N1CCN(c2cccc(Cl)c2)CC1.C=C(c1csc(CN(Cc2cccc(C(F)(F)F)c2)Cc2ccc3c(c2)OCO3)n1)N1CCN(c2cccc(C(F)(F)F)c2)CC1. The Hall–Kier alpha value is -13.0. The first-order chi connectivity index (χ1) is 64.8. The molecule has 6 aliphatic heterocycles. The van der Waals surface area contributed by atoms with Crippen LogP contribution in [0, 0.1) is 10.1 Å². The van der Waals surface area contributed by atoms with Crippen molar-refractivity contribution >= 4 is 85.5 Å². The number of benzene rings is 9. The predicted octanol–water partition coefficient (Wildman–Crippen LogP) is 20.2. The van der Waals surface area contributed by atoms with Crippen molar-refractivity contribution in [2.24, 2.45) is 0 Å². The molecule has 3 fully saturated rings. The van der Waals surface area contributed by atoms with Crippen molar-refractivity contribution in [3.8, 4) is 57.5 Å². The van der Waals surface area contributed by atoms with E-state index < -0.39 is 23.5 Å². The Labute approximate surface area is 790 Å². The van der Waals surface area contributed by atoms with Gasteiger partial charge < -0.3 is 76.8 Å². The summed E-state index contributed by atoms with van der Waals surface area (Å²) in [4.78, 5) is 45.4. The van der Waals surface area contributed by atoms with Crippen molar-refractivity contribution in [3.63, 3.8) is 0 Å². The molecule has 25 nitrogen and oxygen atoms in total. The number of aromatic nitrogens is 3. The zero-order valence-electron chi connectivity index (χ0n) is 74.3. The van der Waals surface area contributed by atoms with Gasteiger partial charge in [-0.2, -0.15) is 26.3 Å². The van der Waals surface area contributed by atoms with E-state index >= 15 is 0 Å². The number of fused-ring (bicyclic) bond motifs is 3. The first-order valence-electron chi connectivity index (χ1n) is 43.3. The zero-order chi connectivity index (χ0) is 93.6. The number of ether oxygens (including phenoxy) is 10. The van der Waals surface area contributed by atoms with Gasteiger partial charge in [0.25, 0.3) is 5.69 Å². The summed E-state index contributed by atoms with van der Waals surface area (Å²) in [5, 5.41) is 20.6. The van der Waals surface area contributed by atoms with Crippen molar-refractivity contribution in [1.82, 2.24) is 44.4 Å². The largest absolute Gasteiger partial charge is 0.497 e. The lowest BCUT2D eigenvalue weighted by Gasteiger charge is -2.38. The number of hydrogen-bond donors (Lipinski definition) is 0. The zero-order valence-corrected chi connectivity index (χ0v) is 77.5. The minimum Gasteiger partial charge on any atom is -0.497 e. The van der Waals surface area contributed by atoms with Crippen LogP contribution in [0.1, 0.15) is 76.6 Å². The van der Waals surface area contributed by atoms with Gasteiger partial charge in [-0.25, -0.2) is 15.0 Å². The number of nitro benzene ring substituents is 1. The third-order valence-electron chi connectivity index (χ3n) is 23.7. The van der Waals surface area contributed by atoms with Crippen molar-refractivity contribution in [2.75, 3.05) is 142 Å². The lowest BCUT2D eigenvalue weighted by Crippen LogP contribution is -2.45. The number of alkyl halides is 6. The topological polar surface area (TPSA) is 203 Å². The number of anilines is 3. The number of halogens is 7. The van der Waals surface area contributed by atoms with E-state index in [0.717, 1.165) is 193 Å². The molecule has 0 bridgehead atoms.